The van der Waals surface area contributed by atoms with E-state index in [1.54, 1.807) is 12.3 Å². The Labute approximate surface area is 155 Å². The predicted molar refractivity (Wildman–Crippen MR) is 104 cm³/mol. The number of nitrogens with one attached hydrogen (secondary N) is 1. The SMILES string of the molecule is CCc1ccc2occ(C(=O)NCCn3ncc4ccccc4c3=O)c2c1. The Bertz CT molecular complexity index is 1190. The van der Waals surface area contributed by atoms with Gasteiger partial charge in [0.1, 0.15) is 11.8 Å². The third-order valence-electron chi connectivity index (χ3n) is 4.66. The Balaban J connectivity index is 1.49. The van der Waals surface area contributed by atoms with Gasteiger partial charge < -0.3 is 9.73 Å². The number of carbonyl (C=O) groups excluding carboxylic acids is 1. The fourth-order valence-corrected chi connectivity index (χ4v) is 3.13. The average Bonchev–Trinajstić information content (AvgIpc) is 3.13. The number of amides is 1. The number of aryl methyl sites for hydroxylation is 1. The third kappa shape index (κ3) is 3.21. The van der Waals surface area contributed by atoms with Crippen LogP contribution in [0.25, 0.3) is 21.7 Å². The van der Waals surface area contributed by atoms with Gasteiger partial charge in [0.25, 0.3) is 11.5 Å². The number of benzene rings is 2. The monoisotopic (exact) mass is 361 g/mol. The lowest BCUT2D eigenvalue weighted by molar-refractivity contribution is 0.0952. The Morgan fingerprint density at radius 2 is 2.04 bits per heavy atom. The number of furan rings is 1. The second-order valence-electron chi connectivity index (χ2n) is 6.35. The van der Waals surface area contributed by atoms with Crippen LogP contribution < -0.4 is 10.9 Å². The topological polar surface area (TPSA) is 77.1 Å². The fraction of sp³-hybridized carbons (Fsp3) is 0.190. The summed E-state index contributed by atoms with van der Waals surface area (Å²) in [6, 6.07) is 13.2. The second kappa shape index (κ2) is 7.07. The molecule has 0 spiro atoms. The van der Waals surface area contributed by atoms with Crippen LogP contribution >= 0.6 is 0 Å². The molecule has 6 nitrogen and oxygen atoms in total. The van der Waals surface area contributed by atoms with E-state index >= 15 is 0 Å². The molecule has 0 aliphatic rings. The number of fused-ring (bicyclic) bond motifs is 2. The molecule has 6 heteroatoms. The zero-order valence-corrected chi connectivity index (χ0v) is 14.9. The summed E-state index contributed by atoms with van der Waals surface area (Å²) in [7, 11) is 0. The Morgan fingerprint density at radius 3 is 2.89 bits per heavy atom. The van der Waals surface area contributed by atoms with Gasteiger partial charge in [-0.2, -0.15) is 5.10 Å². The molecule has 0 aliphatic carbocycles. The van der Waals surface area contributed by atoms with Crippen molar-refractivity contribution in [1.29, 1.82) is 0 Å². The van der Waals surface area contributed by atoms with E-state index in [0.717, 1.165) is 22.8 Å². The number of carbonyl (C=O) groups is 1. The van der Waals surface area contributed by atoms with Crippen molar-refractivity contribution >= 4 is 27.6 Å². The minimum absolute atomic E-state index is 0.163. The summed E-state index contributed by atoms with van der Waals surface area (Å²) in [4.78, 5) is 25.0. The highest BCUT2D eigenvalue weighted by molar-refractivity contribution is 6.06. The summed E-state index contributed by atoms with van der Waals surface area (Å²) < 4.78 is 6.84. The molecule has 0 saturated carbocycles. The lowest BCUT2D eigenvalue weighted by Crippen LogP contribution is -2.31. The van der Waals surface area contributed by atoms with E-state index < -0.39 is 0 Å². The predicted octanol–water partition coefficient (Wildman–Crippen LogP) is 3.14. The van der Waals surface area contributed by atoms with Gasteiger partial charge in [0.05, 0.1) is 23.7 Å². The van der Waals surface area contributed by atoms with Crippen LogP contribution in [0.3, 0.4) is 0 Å². The van der Waals surface area contributed by atoms with Crippen molar-refractivity contribution < 1.29 is 9.21 Å². The maximum absolute atomic E-state index is 12.5. The van der Waals surface area contributed by atoms with E-state index in [4.69, 9.17) is 4.42 Å². The van der Waals surface area contributed by atoms with E-state index in [-0.39, 0.29) is 11.5 Å². The molecular weight excluding hydrogens is 342 g/mol. The van der Waals surface area contributed by atoms with Gasteiger partial charge in [-0.25, -0.2) is 4.68 Å². The van der Waals surface area contributed by atoms with Crippen molar-refractivity contribution in [2.45, 2.75) is 19.9 Å². The Morgan fingerprint density at radius 1 is 1.19 bits per heavy atom. The van der Waals surface area contributed by atoms with Crippen molar-refractivity contribution in [1.82, 2.24) is 15.1 Å². The smallest absolute Gasteiger partial charge is 0.274 e. The first-order chi connectivity index (χ1) is 13.2. The maximum atomic E-state index is 12.5. The lowest BCUT2D eigenvalue weighted by Gasteiger charge is -2.07. The van der Waals surface area contributed by atoms with Crippen LogP contribution in [-0.2, 0) is 13.0 Å². The number of hydrogen-bond acceptors (Lipinski definition) is 4. The van der Waals surface area contributed by atoms with Gasteiger partial charge >= 0.3 is 0 Å². The molecule has 0 fully saturated rings. The van der Waals surface area contributed by atoms with E-state index in [2.05, 4.69) is 17.3 Å². The number of nitrogens with zero attached hydrogens (tertiary/aromatic N) is 2. The van der Waals surface area contributed by atoms with Gasteiger partial charge in [-0.05, 0) is 30.2 Å². The fourth-order valence-electron chi connectivity index (χ4n) is 3.13. The highest BCUT2D eigenvalue weighted by Crippen LogP contribution is 2.22. The van der Waals surface area contributed by atoms with E-state index in [1.165, 1.54) is 10.9 Å². The first-order valence-electron chi connectivity index (χ1n) is 8.90. The molecule has 2 aromatic carbocycles. The third-order valence-corrected chi connectivity index (χ3v) is 4.66. The molecule has 1 amide bonds. The molecule has 0 radical (unpaired) electrons. The zero-order valence-electron chi connectivity index (χ0n) is 14.9. The minimum Gasteiger partial charge on any atom is -0.463 e. The highest BCUT2D eigenvalue weighted by Gasteiger charge is 2.14. The van der Waals surface area contributed by atoms with E-state index in [9.17, 15) is 9.59 Å². The summed E-state index contributed by atoms with van der Waals surface area (Å²) in [5.41, 5.74) is 2.16. The van der Waals surface area contributed by atoms with E-state index in [1.807, 2.05) is 36.4 Å². The molecule has 136 valence electrons. The Hall–Kier alpha value is -3.41. The minimum atomic E-state index is -0.226. The van der Waals surface area contributed by atoms with Crippen molar-refractivity contribution in [3.63, 3.8) is 0 Å². The van der Waals surface area contributed by atoms with Crippen LogP contribution in [0.15, 0.2) is 64.1 Å². The summed E-state index contributed by atoms with van der Waals surface area (Å²) in [6.45, 7) is 2.66. The van der Waals surface area contributed by atoms with Crippen LogP contribution in [0.4, 0.5) is 0 Å². The first kappa shape index (κ1) is 17.0. The average molecular weight is 361 g/mol. The molecule has 4 aromatic rings. The molecule has 0 unspecified atom stereocenters. The van der Waals surface area contributed by atoms with Gasteiger partial charge in [-0.15, -0.1) is 0 Å². The molecule has 2 aromatic heterocycles. The number of aromatic nitrogens is 2. The van der Waals surface area contributed by atoms with Crippen LogP contribution in [0.2, 0.25) is 0 Å². The van der Waals surface area contributed by atoms with Crippen molar-refractivity contribution in [3.8, 4) is 0 Å². The van der Waals surface area contributed by atoms with Gasteiger partial charge in [0, 0.05) is 17.3 Å². The summed E-state index contributed by atoms with van der Waals surface area (Å²) >= 11 is 0. The quantitative estimate of drug-likeness (QED) is 0.592. The van der Waals surface area contributed by atoms with Gasteiger partial charge in [-0.3, -0.25) is 9.59 Å². The van der Waals surface area contributed by atoms with Crippen molar-refractivity contribution in [2.75, 3.05) is 6.54 Å². The lowest BCUT2D eigenvalue weighted by atomic mass is 10.1. The normalized spacial score (nSPS) is 11.1. The molecule has 0 aliphatic heterocycles. The summed E-state index contributed by atoms with van der Waals surface area (Å²) in [5.74, 6) is -0.226. The first-order valence-corrected chi connectivity index (χ1v) is 8.90. The zero-order chi connectivity index (χ0) is 18.8. The largest absolute Gasteiger partial charge is 0.463 e. The highest BCUT2D eigenvalue weighted by atomic mass is 16.3. The molecule has 4 rings (SSSR count). The van der Waals surface area contributed by atoms with Crippen LogP contribution in [0.5, 0.6) is 0 Å². The van der Waals surface area contributed by atoms with Gasteiger partial charge in [-0.1, -0.05) is 31.2 Å². The van der Waals surface area contributed by atoms with Crippen LogP contribution in [-0.4, -0.2) is 22.2 Å². The van der Waals surface area contributed by atoms with Crippen molar-refractivity contribution in [2.24, 2.45) is 0 Å². The second-order valence-corrected chi connectivity index (χ2v) is 6.35. The molecule has 2 heterocycles. The Kier molecular flexibility index (Phi) is 4.46. The van der Waals surface area contributed by atoms with Crippen molar-refractivity contribution in [3.05, 3.63) is 76.4 Å². The summed E-state index contributed by atoms with van der Waals surface area (Å²) in [6.07, 6.45) is 4.02. The number of rotatable bonds is 5. The van der Waals surface area contributed by atoms with Crippen LogP contribution in [0, 0.1) is 0 Å². The van der Waals surface area contributed by atoms with Crippen LogP contribution in [0.1, 0.15) is 22.8 Å². The summed E-state index contributed by atoms with van der Waals surface area (Å²) in [5, 5.41) is 9.23. The van der Waals surface area contributed by atoms with Gasteiger partial charge in [0.2, 0.25) is 0 Å². The molecule has 0 bridgehead atoms. The standard InChI is InChI=1S/C21H19N3O3/c1-2-14-7-8-19-17(11-14)18(13-27-19)20(25)22-9-10-24-21(26)16-6-4-3-5-15(16)12-23-24/h3-8,11-13H,2,9-10H2,1H3,(H,22,25). The molecule has 0 saturated heterocycles. The molecule has 0 atom stereocenters. The molecule has 27 heavy (non-hydrogen) atoms. The molecule has 1 N–H and O–H groups in total. The maximum Gasteiger partial charge on any atom is 0.274 e. The number of hydrogen-bond donors (Lipinski definition) is 1. The van der Waals surface area contributed by atoms with Gasteiger partial charge in [0.15, 0.2) is 0 Å². The van der Waals surface area contributed by atoms with E-state index in [0.29, 0.717) is 29.6 Å². The molecular formula is C21H19N3O3.